The van der Waals surface area contributed by atoms with Crippen molar-refractivity contribution in [2.75, 3.05) is 31.3 Å². The molecule has 1 aliphatic heterocycles. The SMILES string of the molecule is C=CCSCCNC1CCOCC1. The van der Waals surface area contributed by atoms with Gasteiger partial charge in [-0.05, 0) is 12.8 Å². The molecule has 0 bridgehead atoms. The van der Waals surface area contributed by atoms with E-state index in [0.717, 1.165) is 25.5 Å². The van der Waals surface area contributed by atoms with Crippen LogP contribution < -0.4 is 5.32 Å². The van der Waals surface area contributed by atoms with E-state index < -0.39 is 0 Å². The second-order valence-electron chi connectivity index (χ2n) is 3.20. The van der Waals surface area contributed by atoms with Crippen LogP contribution in [0.15, 0.2) is 12.7 Å². The van der Waals surface area contributed by atoms with Gasteiger partial charge in [0.1, 0.15) is 0 Å². The normalized spacial score (nSPS) is 18.8. The first kappa shape index (κ1) is 11.1. The summed E-state index contributed by atoms with van der Waals surface area (Å²) in [5, 5.41) is 3.55. The zero-order valence-electron chi connectivity index (χ0n) is 8.13. The van der Waals surface area contributed by atoms with Crippen LogP contribution in [0.5, 0.6) is 0 Å². The molecule has 0 aromatic heterocycles. The van der Waals surface area contributed by atoms with Gasteiger partial charge in [-0.3, -0.25) is 0 Å². The Morgan fingerprint density at radius 3 is 2.92 bits per heavy atom. The van der Waals surface area contributed by atoms with E-state index in [9.17, 15) is 0 Å². The second kappa shape index (κ2) is 7.42. The Kier molecular flexibility index (Phi) is 6.33. The van der Waals surface area contributed by atoms with Gasteiger partial charge in [0.25, 0.3) is 0 Å². The summed E-state index contributed by atoms with van der Waals surface area (Å²) in [7, 11) is 0. The number of hydrogen-bond donors (Lipinski definition) is 1. The first-order chi connectivity index (χ1) is 6.43. The topological polar surface area (TPSA) is 21.3 Å². The Balaban J connectivity index is 1.89. The average Bonchev–Trinajstić information content (AvgIpc) is 2.19. The van der Waals surface area contributed by atoms with Gasteiger partial charge in [0.05, 0.1) is 0 Å². The van der Waals surface area contributed by atoms with Crippen LogP contribution in [0.3, 0.4) is 0 Å². The van der Waals surface area contributed by atoms with Crippen LogP contribution in [0.2, 0.25) is 0 Å². The van der Waals surface area contributed by atoms with Crippen molar-refractivity contribution in [3.8, 4) is 0 Å². The molecule has 0 radical (unpaired) electrons. The summed E-state index contributed by atoms with van der Waals surface area (Å²) in [5.74, 6) is 2.25. The lowest BCUT2D eigenvalue weighted by Gasteiger charge is -2.22. The van der Waals surface area contributed by atoms with Crippen molar-refractivity contribution in [1.82, 2.24) is 5.32 Å². The molecule has 1 saturated heterocycles. The highest BCUT2D eigenvalue weighted by molar-refractivity contribution is 7.99. The monoisotopic (exact) mass is 201 g/mol. The molecule has 1 aliphatic rings. The largest absolute Gasteiger partial charge is 0.381 e. The van der Waals surface area contributed by atoms with Gasteiger partial charge in [0.15, 0.2) is 0 Å². The molecule has 1 N–H and O–H groups in total. The molecule has 3 heteroatoms. The highest BCUT2D eigenvalue weighted by atomic mass is 32.2. The zero-order valence-corrected chi connectivity index (χ0v) is 8.94. The van der Waals surface area contributed by atoms with Gasteiger partial charge in [0, 0.05) is 37.3 Å². The molecule has 0 amide bonds. The molecule has 0 spiro atoms. The molecule has 0 atom stereocenters. The third-order valence-electron chi connectivity index (χ3n) is 2.14. The minimum atomic E-state index is 0.693. The van der Waals surface area contributed by atoms with Gasteiger partial charge in [-0.15, -0.1) is 6.58 Å². The Morgan fingerprint density at radius 1 is 1.46 bits per heavy atom. The van der Waals surface area contributed by atoms with Gasteiger partial charge < -0.3 is 10.1 Å². The van der Waals surface area contributed by atoms with Crippen molar-refractivity contribution in [3.05, 3.63) is 12.7 Å². The Bertz CT molecular complexity index is 135. The first-order valence-electron chi connectivity index (χ1n) is 4.93. The number of rotatable bonds is 6. The fraction of sp³-hybridized carbons (Fsp3) is 0.800. The Labute approximate surface area is 85.1 Å². The smallest absolute Gasteiger partial charge is 0.0480 e. The maximum atomic E-state index is 5.29. The number of hydrogen-bond acceptors (Lipinski definition) is 3. The quantitative estimate of drug-likeness (QED) is 0.522. The van der Waals surface area contributed by atoms with E-state index in [1.165, 1.54) is 18.6 Å². The van der Waals surface area contributed by atoms with Gasteiger partial charge in [0.2, 0.25) is 0 Å². The third-order valence-corrected chi connectivity index (χ3v) is 3.10. The molecule has 2 nitrogen and oxygen atoms in total. The molecule has 0 unspecified atom stereocenters. The number of ether oxygens (including phenoxy) is 1. The highest BCUT2D eigenvalue weighted by Gasteiger charge is 2.11. The van der Waals surface area contributed by atoms with E-state index in [1.807, 2.05) is 17.8 Å². The third kappa shape index (κ3) is 5.34. The molecular weight excluding hydrogens is 182 g/mol. The number of nitrogens with one attached hydrogen (secondary N) is 1. The average molecular weight is 201 g/mol. The van der Waals surface area contributed by atoms with E-state index >= 15 is 0 Å². The summed E-state index contributed by atoms with van der Waals surface area (Å²) in [6.07, 6.45) is 4.30. The number of thioether (sulfide) groups is 1. The summed E-state index contributed by atoms with van der Waals surface area (Å²) in [4.78, 5) is 0. The van der Waals surface area contributed by atoms with Crippen LogP contribution >= 0.6 is 11.8 Å². The first-order valence-corrected chi connectivity index (χ1v) is 6.08. The standard InChI is InChI=1S/C10H19NOS/c1-2-8-13-9-5-11-10-3-6-12-7-4-10/h2,10-11H,1,3-9H2. The fourth-order valence-electron chi connectivity index (χ4n) is 1.40. The van der Waals surface area contributed by atoms with Crippen LogP contribution in [-0.4, -0.2) is 37.3 Å². The summed E-state index contributed by atoms with van der Waals surface area (Å²) in [6, 6.07) is 0.693. The minimum absolute atomic E-state index is 0.693. The van der Waals surface area contributed by atoms with Crippen LogP contribution in [0.4, 0.5) is 0 Å². The molecule has 1 rings (SSSR count). The fourth-order valence-corrected chi connectivity index (χ4v) is 2.00. The van der Waals surface area contributed by atoms with Gasteiger partial charge in [-0.25, -0.2) is 0 Å². The lowest BCUT2D eigenvalue weighted by molar-refractivity contribution is 0.0786. The maximum absolute atomic E-state index is 5.29. The molecule has 1 fully saturated rings. The van der Waals surface area contributed by atoms with Crippen molar-refractivity contribution in [3.63, 3.8) is 0 Å². The Morgan fingerprint density at radius 2 is 2.23 bits per heavy atom. The van der Waals surface area contributed by atoms with Crippen LogP contribution in [-0.2, 0) is 4.74 Å². The summed E-state index contributed by atoms with van der Waals surface area (Å²) in [6.45, 7) is 6.66. The lowest BCUT2D eigenvalue weighted by atomic mass is 10.1. The van der Waals surface area contributed by atoms with Gasteiger partial charge in [-0.1, -0.05) is 6.08 Å². The highest BCUT2D eigenvalue weighted by Crippen LogP contribution is 2.06. The second-order valence-corrected chi connectivity index (χ2v) is 4.35. The predicted octanol–water partition coefficient (Wildman–Crippen LogP) is 1.67. The molecule has 0 aromatic rings. The van der Waals surface area contributed by atoms with E-state index in [-0.39, 0.29) is 0 Å². The summed E-state index contributed by atoms with van der Waals surface area (Å²) in [5.41, 5.74) is 0. The molecular formula is C10H19NOS. The van der Waals surface area contributed by atoms with E-state index in [1.54, 1.807) is 0 Å². The molecule has 0 aromatic carbocycles. The summed E-state index contributed by atoms with van der Waals surface area (Å²) >= 11 is 1.93. The predicted molar refractivity (Wildman–Crippen MR) is 59.4 cm³/mol. The van der Waals surface area contributed by atoms with Crippen LogP contribution in [0, 0.1) is 0 Å². The van der Waals surface area contributed by atoms with Crippen LogP contribution in [0.25, 0.3) is 0 Å². The molecule has 13 heavy (non-hydrogen) atoms. The van der Waals surface area contributed by atoms with E-state index in [4.69, 9.17) is 4.74 Å². The zero-order chi connectivity index (χ0) is 9.36. The van der Waals surface area contributed by atoms with Crippen molar-refractivity contribution in [2.24, 2.45) is 0 Å². The minimum Gasteiger partial charge on any atom is -0.381 e. The van der Waals surface area contributed by atoms with Crippen LogP contribution in [0.1, 0.15) is 12.8 Å². The summed E-state index contributed by atoms with van der Waals surface area (Å²) < 4.78 is 5.29. The molecule has 76 valence electrons. The van der Waals surface area contributed by atoms with Gasteiger partial charge in [-0.2, -0.15) is 11.8 Å². The van der Waals surface area contributed by atoms with Crippen molar-refractivity contribution in [2.45, 2.75) is 18.9 Å². The van der Waals surface area contributed by atoms with Crippen molar-refractivity contribution in [1.29, 1.82) is 0 Å². The molecule has 0 saturated carbocycles. The van der Waals surface area contributed by atoms with Crippen molar-refractivity contribution >= 4 is 11.8 Å². The van der Waals surface area contributed by atoms with Gasteiger partial charge >= 0.3 is 0 Å². The maximum Gasteiger partial charge on any atom is 0.0480 e. The molecule has 1 heterocycles. The van der Waals surface area contributed by atoms with Crippen molar-refractivity contribution < 1.29 is 4.74 Å². The van der Waals surface area contributed by atoms with E-state index in [2.05, 4.69) is 11.9 Å². The Hall–Kier alpha value is 0.01000. The lowest BCUT2D eigenvalue weighted by Crippen LogP contribution is -2.36. The molecule has 0 aliphatic carbocycles. The van der Waals surface area contributed by atoms with E-state index in [0.29, 0.717) is 6.04 Å².